The van der Waals surface area contributed by atoms with E-state index in [2.05, 4.69) is 0 Å². The SMILES string of the molecule is Cc1cc(C(=O)COC(=O)c2cc[n+]([O-])cc2)c(C)n1Cc1ccco1. The molecule has 0 aliphatic heterocycles. The van der Waals surface area contributed by atoms with Gasteiger partial charge in [-0.3, -0.25) is 4.79 Å². The molecule has 0 spiro atoms. The Bertz CT molecular complexity index is 924. The molecule has 0 N–H and O–H groups in total. The number of aryl methyl sites for hydroxylation is 1. The molecule has 0 unspecified atom stereocenters. The van der Waals surface area contributed by atoms with Gasteiger partial charge in [-0.1, -0.05) is 0 Å². The number of Topliss-reactive ketones (excluding diaryl/α,β-unsaturated/α-hetero) is 1. The molecule has 3 aromatic heterocycles. The van der Waals surface area contributed by atoms with Gasteiger partial charge in [0.1, 0.15) is 5.76 Å². The van der Waals surface area contributed by atoms with Crippen LogP contribution in [0.25, 0.3) is 0 Å². The van der Waals surface area contributed by atoms with Gasteiger partial charge in [0.2, 0.25) is 5.78 Å². The molecule has 7 nitrogen and oxygen atoms in total. The summed E-state index contributed by atoms with van der Waals surface area (Å²) in [4.78, 5) is 24.4. The standard InChI is InChI=1S/C19H18N2O5/c1-13-10-17(14(2)21(13)11-16-4-3-9-25-16)18(22)12-26-19(23)15-5-7-20(24)8-6-15/h3-10H,11-12H2,1-2H3. The molecule has 3 aromatic rings. The molecule has 7 heteroatoms. The molecule has 26 heavy (non-hydrogen) atoms. The van der Waals surface area contributed by atoms with Crippen molar-refractivity contribution in [1.82, 2.24) is 4.57 Å². The molecule has 0 saturated heterocycles. The highest BCUT2D eigenvalue weighted by atomic mass is 16.5. The van der Waals surface area contributed by atoms with E-state index < -0.39 is 5.97 Å². The van der Waals surface area contributed by atoms with E-state index in [0.717, 1.165) is 17.1 Å². The number of nitrogens with zero attached hydrogens (tertiary/aromatic N) is 2. The topological polar surface area (TPSA) is 88.4 Å². The minimum atomic E-state index is -0.650. The summed E-state index contributed by atoms with van der Waals surface area (Å²) in [5, 5.41) is 11.0. The zero-order chi connectivity index (χ0) is 18.7. The maximum Gasteiger partial charge on any atom is 0.339 e. The molecule has 0 saturated carbocycles. The van der Waals surface area contributed by atoms with Gasteiger partial charge < -0.3 is 18.9 Å². The summed E-state index contributed by atoms with van der Waals surface area (Å²) in [6.45, 7) is 3.91. The van der Waals surface area contributed by atoms with Gasteiger partial charge in [0.05, 0.1) is 18.4 Å². The van der Waals surface area contributed by atoms with Crippen molar-refractivity contribution < 1.29 is 23.5 Å². The Morgan fingerprint density at radius 1 is 1.23 bits per heavy atom. The molecule has 0 amide bonds. The molecule has 0 aromatic carbocycles. The van der Waals surface area contributed by atoms with Crippen LogP contribution in [0.15, 0.2) is 53.4 Å². The first-order valence-corrected chi connectivity index (χ1v) is 8.04. The molecular formula is C19H18N2O5. The third-order valence-corrected chi connectivity index (χ3v) is 4.14. The van der Waals surface area contributed by atoms with E-state index in [9.17, 15) is 14.8 Å². The molecule has 0 fully saturated rings. The first-order chi connectivity index (χ1) is 12.5. The van der Waals surface area contributed by atoms with Crippen molar-refractivity contribution in [3.63, 3.8) is 0 Å². The third-order valence-electron chi connectivity index (χ3n) is 4.14. The van der Waals surface area contributed by atoms with E-state index in [1.54, 1.807) is 12.3 Å². The molecule has 3 heterocycles. The fourth-order valence-corrected chi connectivity index (χ4v) is 2.73. The summed E-state index contributed by atoms with van der Waals surface area (Å²) in [7, 11) is 0. The zero-order valence-corrected chi connectivity index (χ0v) is 14.5. The molecule has 0 radical (unpaired) electrons. The van der Waals surface area contributed by atoms with Crippen LogP contribution >= 0.6 is 0 Å². The van der Waals surface area contributed by atoms with Gasteiger partial charge >= 0.3 is 5.97 Å². The highest BCUT2D eigenvalue weighted by Crippen LogP contribution is 2.18. The second-order valence-electron chi connectivity index (χ2n) is 5.90. The highest BCUT2D eigenvalue weighted by Gasteiger charge is 2.18. The monoisotopic (exact) mass is 354 g/mol. The number of esters is 1. The zero-order valence-electron chi connectivity index (χ0n) is 14.5. The Kier molecular flexibility index (Phi) is 4.88. The van der Waals surface area contributed by atoms with Gasteiger partial charge in [-0.25, -0.2) is 4.79 Å². The van der Waals surface area contributed by atoms with Crippen LogP contribution in [-0.2, 0) is 11.3 Å². The summed E-state index contributed by atoms with van der Waals surface area (Å²) < 4.78 is 13.0. The minimum Gasteiger partial charge on any atom is -0.619 e. The normalized spacial score (nSPS) is 10.7. The van der Waals surface area contributed by atoms with E-state index in [1.807, 2.05) is 30.5 Å². The number of carbonyl (C=O) groups excluding carboxylic acids is 2. The molecule has 0 aliphatic rings. The van der Waals surface area contributed by atoms with Crippen LogP contribution in [0.2, 0.25) is 0 Å². The lowest BCUT2D eigenvalue weighted by molar-refractivity contribution is -0.605. The van der Waals surface area contributed by atoms with Crippen molar-refractivity contribution in [3.8, 4) is 0 Å². The van der Waals surface area contributed by atoms with Crippen LogP contribution in [0.4, 0.5) is 0 Å². The van der Waals surface area contributed by atoms with Crippen molar-refractivity contribution >= 4 is 11.8 Å². The summed E-state index contributed by atoms with van der Waals surface area (Å²) in [6.07, 6.45) is 3.99. The van der Waals surface area contributed by atoms with Crippen molar-refractivity contribution in [2.24, 2.45) is 0 Å². The Hall–Kier alpha value is -3.35. The Morgan fingerprint density at radius 2 is 1.96 bits per heavy atom. The van der Waals surface area contributed by atoms with Crippen molar-refractivity contribution in [2.45, 2.75) is 20.4 Å². The van der Waals surface area contributed by atoms with E-state index in [0.29, 0.717) is 16.8 Å². The van der Waals surface area contributed by atoms with E-state index in [1.165, 1.54) is 24.5 Å². The molecule has 0 bridgehead atoms. The predicted octanol–water partition coefficient (Wildman–Crippen LogP) is 2.42. The number of hydrogen-bond acceptors (Lipinski definition) is 5. The van der Waals surface area contributed by atoms with E-state index >= 15 is 0 Å². The lowest BCUT2D eigenvalue weighted by atomic mass is 10.1. The fraction of sp³-hybridized carbons (Fsp3) is 0.211. The maximum atomic E-state index is 12.5. The second-order valence-corrected chi connectivity index (χ2v) is 5.90. The average Bonchev–Trinajstić information content (AvgIpc) is 3.24. The number of rotatable bonds is 6. The predicted molar refractivity (Wildman–Crippen MR) is 91.7 cm³/mol. The molecule has 0 aliphatic carbocycles. The molecule has 134 valence electrons. The second kappa shape index (κ2) is 7.26. The molecule has 0 atom stereocenters. The van der Waals surface area contributed by atoms with Crippen molar-refractivity contribution in [3.05, 3.63) is 82.5 Å². The Labute approximate surface area is 150 Å². The summed E-state index contributed by atoms with van der Waals surface area (Å²) in [5.41, 5.74) is 2.42. The number of hydrogen-bond donors (Lipinski definition) is 0. The van der Waals surface area contributed by atoms with Crippen molar-refractivity contribution in [1.29, 1.82) is 0 Å². The van der Waals surface area contributed by atoms with Gasteiger partial charge in [-0.15, -0.1) is 0 Å². The average molecular weight is 354 g/mol. The Balaban J connectivity index is 1.68. The number of carbonyl (C=O) groups is 2. The quantitative estimate of drug-likeness (QED) is 0.294. The van der Waals surface area contributed by atoms with Gasteiger partial charge in [0.25, 0.3) is 0 Å². The highest BCUT2D eigenvalue weighted by molar-refractivity contribution is 6.00. The summed E-state index contributed by atoms with van der Waals surface area (Å²) in [5.74, 6) is -0.146. The van der Waals surface area contributed by atoms with E-state index in [-0.39, 0.29) is 18.0 Å². The fourth-order valence-electron chi connectivity index (χ4n) is 2.73. The first-order valence-electron chi connectivity index (χ1n) is 8.04. The third kappa shape index (κ3) is 3.66. The summed E-state index contributed by atoms with van der Waals surface area (Å²) >= 11 is 0. The maximum absolute atomic E-state index is 12.5. The lowest BCUT2D eigenvalue weighted by Crippen LogP contribution is -2.24. The Morgan fingerprint density at radius 3 is 2.62 bits per heavy atom. The number of aromatic nitrogens is 2. The van der Waals surface area contributed by atoms with Crippen molar-refractivity contribution in [2.75, 3.05) is 6.61 Å². The number of ketones is 1. The lowest BCUT2D eigenvalue weighted by Gasteiger charge is -2.08. The van der Waals surface area contributed by atoms with Gasteiger partial charge in [-0.2, -0.15) is 4.73 Å². The van der Waals surface area contributed by atoms with Crippen LogP contribution in [0.5, 0.6) is 0 Å². The molecular weight excluding hydrogens is 336 g/mol. The van der Waals surface area contributed by atoms with Crippen LogP contribution in [0, 0.1) is 19.1 Å². The first kappa shape index (κ1) is 17.5. The van der Waals surface area contributed by atoms with Gasteiger partial charge in [-0.05, 0) is 32.0 Å². The van der Waals surface area contributed by atoms with Crippen LogP contribution in [0.1, 0.15) is 37.9 Å². The molecule has 3 rings (SSSR count). The minimum absolute atomic E-state index is 0.216. The van der Waals surface area contributed by atoms with Crippen LogP contribution in [-0.4, -0.2) is 22.9 Å². The summed E-state index contributed by atoms with van der Waals surface area (Å²) in [6, 6.07) is 8.14. The smallest absolute Gasteiger partial charge is 0.339 e. The number of pyridine rings is 1. The van der Waals surface area contributed by atoms with Gasteiger partial charge in [0.15, 0.2) is 19.0 Å². The van der Waals surface area contributed by atoms with Gasteiger partial charge in [0, 0.05) is 29.1 Å². The van der Waals surface area contributed by atoms with E-state index in [4.69, 9.17) is 9.15 Å². The number of furan rings is 1. The van der Waals surface area contributed by atoms with Crippen LogP contribution in [0.3, 0.4) is 0 Å². The van der Waals surface area contributed by atoms with Crippen LogP contribution < -0.4 is 4.73 Å². The largest absolute Gasteiger partial charge is 0.619 e. The number of ether oxygens (including phenoxy) is 1.